The van der Waals surface area contributed by atoms with Crippen LogP contribution in [0.25, 0.3) is 21.8 Å². The van der Waals surface area contributed by atoms with E-state index in [0.717, 1.165) is 0 Å². The minimum atomic E-state index is -1.14. The van der Waals surface area contributed by atoms with Gasteiger partial charge in [0, 0.05) is 27.5 Å². The smallest absolute Gasteiger partial charge is 0.252 e. The molecular formula is C24H21N3O3. The molecule has 0 aliphatic rings. The lowest BCUT2D eigenvalue weighted by Crippen LogP contribution is -2.52. The zero-order valence-electron chi connectivity index (χ0n) is 16.7. The van der Waals surface area contributed by atoms with Crippen LogP contribution < -0.4 is 16.1 Å². The molecule has 0 saturated carbocycles. The summed E-state index contributed by atoms with van der Waals surface area (Å²) in [6, 6.07) is 21.1. The Bertz CT molecular complexity index is 1320. The molecule has 1 heterocycles. The summed E-state index contributed by atoms with van der Waals surface area (Å²) in [5.74, 6) is -0.735. The van der Waals surface area contributed by atoms with Crippen molar-refractivity contribution in [1.29, 1.82) is 0 Å². The number of anilines is 1. The van der Waals surface area contributed by atoms with Gasteiger partial charge in [-0.3, -0.25) is 14.4 Å². The largest absolute Gasteiger partial charge is 0.354 e. The van der Waals surface area contributed by atoms with Gasteiger partial charge in [-0.2, -0.15) is 0 Å². The number of fused-ring (bicyclic) bond motifs is 2. The van der Waals surface area contributed by atoms with Crippen LogP contribution in [0.2, 0.25) is 0 Å². The normalized spacial score (nSPS) is 11.4. The molecule has 150 valence electrons. The van der Waals surface area contributed by atoms with Gasteiger partial charge < -0.3 is 15.6 Å². The van der Waals surface area contributed by atoms with Crippen molar-refractivity contribution in [2.75, 3.05) is 5.32 Å². The number of hydrogen-bond donors (Lipinski definition) is 3. The third-order valence-electron chi connectivity index (χ3n) is 4.99. The van der Waals surface area contributed by atoms with Crippen LogP contribution in [-0.2, 0) is 4.79 Å². The van der Waals surface area contributed by atoms with Gasteiger partial charge in [0.05, 0.1) is 5.52 Å². The van der Waals surface area contributed by atoms with Crippen molar-refractivity contribution in [1.82, 2.24) is 10.3 Å². The highest BCUT2D eigenvalue weighted by molar-refractivity contribution is 6.05. The Morgan fingerprint density at radius 3 is 2.27 bits per heavy atom. The van der Waals surface area contributed by atoms with Crippen molar-refractivity contribution in [2.24, 2.45) is 0 Å². The molecule has 30 heavy (non-hydrogen) atoms. The van der Waals surface area contributed by atoms with Gasteiger partial charge >= 0.3 is 0 Å². The molecule has 3 aromatic carbocycles. The molecule has 1 aromatic heterocycles. The van der Waals surface area contributed by atoms with Gasteiger partial charge in [0.15, 0.2) is 5.43 Å². The number of aromatic amines is 1. The van der Waals surface area contributed by atoms with E-state index in [1.165, 1.54) is 0 Å². The minimum absolute atomic E-state index is 0.0890. The number of nitrogens with one attached hydrogen (secondary N) is 3. The fourth-order valence-electron chi connectivity index (χ4n) is 3.29. The molecule has 0 radical (unpaired) electrons. The first-order chi connectivity index (χ1) is 14.3. The van der Waals surface area contributed by atoms with E-state index in [1.54, 1.807) is 50.2 Å². The van der Waals surface area contributed by atoms with Gasteiger partial charge in [-0.15, -0.1) is 0 Å². The number of aromatic nitrogens is 1. The zero-order chi connectivity index (χ0) is 21.3. The van der Waals surface area contributed by atoms with Gasteiger partial charge in [-0.1, -0.05) is 30.3 Å². The number of H-pyrrole nitrogens is 1. The van der Waals surface area contributed by atoms with Crippen molar-refractivity contribution < 1.29 is 9.59 Å². The molecule has 0 aliphatic carbocycles. The molecule has 0 unspecified atom stereocenters. The molecule has 6 heteroatoms. The molecule has 0 aliphatic heterocycles. The number of carbonyl (C=O) groups is 2. The summed E-state index contributed by atoms with van der Waals surface area (Å²) in [5, 5.41) is 6.67. The molecular weight excluding hydrogens is 378 g/mol. The van der Waals surface area contributed by atoms with E-state index in [0.29, 0.717) is 33.1 Å². The SMILES string of the molecule is CC(C)(NC(=O)c1ccc2c(=O)c3ccccc3[nH]c2c1)C(=O)Nc1ccccc1. The molecule has 4 rings (SSSR count). The van der Waals surface area contributed by atoms with Crippen LogP contribution >= 0.6 is 0 Å². The van der Waals surface area contributed by atoms with Gasteiger partial charge in [0.2, 0.25) is 5.91 Å². The predicted octanol–water partition coefficient (Wildman–Crippen LogP) is 3.83. The fraction of sp³-hybridized carbons (Fsp3) is 0.125. The van der Waals surface area contributed by atoms with Crippen LogP contribution in [0.5, 0.6) is 0 Å². The maximum absolute atomic E-state index is 12.8. The number of pyridine rings is 1. The minimum Gasteiger partial charge on any atom is -0.354 e. The summed E-state index contributed by atoms with van der Waals surface area (Å²) in [6.07, 6.45) is 0. The quantitative estimate of drug-likeness (QED) is 0.456. The summed E-state index contributed by atoms with van der Waals surface area (Å²) in [7, 11) is 0. The van der Waals surface area contributed by atoms with E-state index in [-0.39, 0.29) is 11.3 Å². The first kappa shape index (κ1) is 19.4. The van der Waals surface area contributed by atoms with Crippen molar-refractivity contribution in [3.05, 3.63) is 88.6 Å². The molecule has 0 atom stereocenters. The maximum atomic E-state index is 12.8. The van der Waals surface area contributed by atoms with Crippen LogP contribution in [0.4, 0.5) is 5.69 Å². The lowest BCUT2D eigenvalue weighted by molar-refractivity contribution is -0.120. The van der Waals surface area contributed by atoms with Crippen LogP contribution in [0.1, 0.15) is 24.2 Å². The lowest BCUT2D eigenvalue weighted by Gasteiger charge is -2.25. The Hall–Kier alpha value is -3.93. The average Bonchev–Trinajstić information content (AvgIpc) is 2.74. The Kier molecular flexibility index (Phi) is 4.83. The van der Waals surface area contributed by atoms with Crippen LogP contribution in [-0.4, -0.2) is 22.3 Å². The number of hydrogen-bond acceptors (Lipinski definition) is 3. The first-order valence-corrected chi connectivity index (χ1v) is 9.59. The van der Waals surface area contributed by atoms with Gasteiger partial charge in [0.1, 0.15) is 5.54 Å². The number of benzene rings is 3. The molecule has 6 nitrogen and oxygen atoms in total. The average molecular weight is 399 g/mol. The first-order valence-electron chi connectivity index (χ1n) is 9.59. The summed E-state index contributed by atoms with van der Waals surface area (Å²) < 4.78 is 0. The lowest BCUT2D eigenvalue weighted by atomic mass is 10.0. The molecule has 0 bridgehead atoms. The van der Waals surface area contributed by atoms with E-state index >= 15 is 0 Å². The van der Waals surface area contributed by atoms with E-state index in [9.17, 15) is 14.4 Å². The molecule has 2 amide bonds. The summed E-state index contributed by atoms with van der Waals surface area (Å²) in [4.78, 5) is 41.3. The highest BCUT2D eigenvalue weighted by Crippen LogP contribution is 2.17. The van der Waals surface area contributed by atoms with Crippen molar-refractivity contribution in [3.8, 4) is 0 Å². The van der Waals surface area contributed by atoms with Crippen molar-refractivity contribution in [2.45, 2.75) is 19.4 Å². The number of rotatable bonds is 4. The predicted molar refractivity (Wildman–Crippen MR) is 119 cm³/mol. The van der Waals surface area contributed by atoms with Gasteiger partial charge in [-0.05, 0) is 56.3 Å². The molecule has 0 saturated heterocycles. The number of amides is 2. The molecule has 3 N–H and O–H groups in total. The monoisotopic (exact) mass is 399 g/mol. The van der Waals surface area contributed by atoms with E-state index in [4.69, 9.17) is 0 Å². The fourth-order valence-corrected chi connectivity index (χ4v) is 3.29. The van der Waals surface area contributed by atoms with E-state index in [1.807, 2.05) is 36.4 Å². The van der Waals surface area contributed by atoms with Crippen LogP contribution in [0.3, 0.4) is 0 Å². The topological polar surface area (TPSA) is 91.1 Å². The molecule has 4 aromatic rings. The van der Waals surface area contributed by atoms with Crippen molar-refractivity contribution >= 4 is 39.3 Å². The molecule has 0 spiro atoms. The number of carbonyl (C=O) groups excluding carboxylic acids is 2. The van der Waals surface area contributed by atoms with Crippen LogP contribution in [0.15, 0.2) is 77.6 Å². The molecule has 0 fully saturated rings. The van der Waals surface area contributed by atoms with Gasteiger partial charge in [0.25, 0.3) is 5.91 Å². The zero-order valence-corrected chi connectivity index (χ0v) is 16.7. The Balaban J connectivity index is 1.60. The Labute approximate surface area is 172 Å². The summed E-state index contributed by atoms with van der Waals surface area (Å²) in [5.41, 5.74) is 1.05. The van der Waals surface area contributed by atoms with Gasteiger partial charge in [-0.25, -0.2) is 0 Å². The third kappa shape index (κ3) is 3.67. The third-order valence-corrected chi connectivity index (χ3v) is 4.99. The summed E-state index contributed by atoms with van der Waals surface area (Å²) >= 11 is 0. The second-order valence-corrected chi connectivity index (χ2v) is 7.66. The van der Waals surface area contributed by atoms with Crippen molar-refractivity contribution in [3.63, 3.8) is 0 Å². The maximum Gasteiger partial charge on any atom is 0.252 e. The van der Waals surface area contributed by atoms with E-state index < -0.39 is 11.4 Å². The van der Waals surface area contributed by atoms with E-state index in [2.05, 4.69) is 15.6 Å². The Morgan fingerprint density at radius 1 is 0.833 bits per heavy atom. The second kappa shape index (κ2) is 7.48. The number of para-hydroxylation sites is 2. The Morgan fingerprint density at radius 2 is 1.50 bits per heavy atom. The van der Waals surface area contributed by atoms with Crippen LogP contribution in [0, 0.1) is 0 Å². The highest BCUT2D eigenvalue weighted by Gasteiger charge is 2.30. The standard InChI is InChI=1S/C24H21N3O3/c1-24(2,23(30)25-16-8-4-3-5-9-16)27-22(29)15-12-13-18-20(14-15)26-19-11-7-6-10-17(19)21(18)28/h3-14H,1-2H3,(H,25,30)(H,26,28)(H,27,29). The second-order valence-electron chi connectivity index (χ2n) is 7.66. The highest BCUT2D eigenvalue weighted by atomic mass is 16.2. The summed E-state index contributed by atoms with van der Waals surface area (Å²) in [6.45, 7) is 3.28.